The zero-order valence-electron chi connectivity index (χ0n) is 16.3. The van der Waals surface area contributed by atoms with Crippen LogP contribution in [0.2, 0.25) is 0 Å². The van der Waals surface area contributed by atoms with Crippen molar-refractivity contribution in [3.63, 3.8) is 0 Å². The second-order valence-electron chi connectivity index (χ2n) is 6.96. The summed E-state index contributed by atoms with van der Waals surface area (Å²) in [5, 5.41) is 0. The van der Waals surface area contributed by atoms with Crippen molar-refractivity contribution in [3.05, 3.63) is 59.2 Å². The molecule has 0 aliphatic carbocycles. The van der Waals surface area contributed by atoms with Gasteiger partial charge in [-0.2, -0.15) is 0 Å². The van der Waals surface area contributed by atoms with E-state index in [4.69, 9.17) is 4.74 Å². The summed E-state index contributed by atoms with van der Waals surface area (Å²) in [6.45, 7) is 3.44. The van der Waals surface area contributed by atoms with Crippen molar-refractivity contribution >= 4 is 21.6 Å². The van der Waals surface area contributed by atoms with Gasteiger partial charge in [0.25, 0.3) is 5.91 Å². The highest BCUT2D eigenvalue weighted by molar-refractivity contribution is 7.89. The van der Waals surface area contributed by atoms with Crippen LogP contribution in [0.1, 0.15) is 34.3 Å². The number of ether oxygens (including phenoxy) is 1. The Kier molecular flexibility index (Phi) is 6.49. The molecule has 2 aromatic rings. The van der Waals surface area contributed by atoms with Gasteiger partial charge >= 0.3 is 0 Å². The Bertz CT molecular complexity index is 939. The smallest absolute Gasteiger partial charge is 0.258 e. The van der Waals surface area contributed by atoms with E-state index in [1.165, 1.54) is 0 Å². The predicted molar refractivity (Wildman–Crippen MR) is 109 cm³/mol. The number of nitrogens with zero attached hydrogens (tertiary/aromatic N) is 1. The summed E-state index contributed by atoms with van der Waals surface area (Å²) in [6, 6.07) is 12.5. The lowest BCUT2D eigenvalue weighted by Gasteiger charge is -2.30. The first-order chi connectivity index (χ1) is 13.4. The molecule has 0 spiro atoms. The maximum Gasteiger partial charge on any atom is 0.258 e. The molecular formula is C21H26N2O4S. The molecule has 0 atom stereocenters. The number of nitrogens with one attached hydrogen (secondary N) is 1. The van der Waals surface area contributed by atoms with Gasteiger partial charge in [-0.1, -0.05) is 17.7 Å². The maximum absolute atomic E-state index is 12.9. The summed E-state index contributed by atoms with van der Waals surface area (Å²) in [5.41, 5.74) is 3.40. The van der Waals surface area contributed by atoms with E-state index < -0.39 is 10.0 Å². The molecule has 0 unspecified atom stereocenters. The molecule has 0 fully saturated rings. The number of sulfonamides is 1. The number of aryl methyl sites for hydroxylation is 2. The summed E-state index contributed by atoms with van der Waals surface area (Å²) in [7, 11) is -1.99. The minimum Gasteiger partial charge on any atom is -0.385 e. The maximum atomic E-state index is 12.9. The van der Waals surface area contributed by atoms with E-state index in [1.54, 1.807) is 30.2 Å². The van der Waals surface area contributed by atoms with Gasteiger partial charge in [-0.15, -0.1) is 0 Å². The number of anilines is 1. The summed E-state index contributed by atoms with van der Waals surface area (Å²) in [4.78, 5) is 14.9. The van der Waals surface area contributed by atoms with E-state index >= 15 is 0 Å². The molecular weight excluding hydrogens is 376 g/mol. The van der Waals surface area contributed by atoms with Crippen LogP contribution in [0.25, 0.3) is 0 Å². The Morgan fingerprint density at radius 1 is 1.18 bits per heavy atom. The predicted octanol–water partition coefficient (Wildman–Crippen LogP) is 2.90. The van der Waals surface area contributed by atoms with Gasteiger partial charge in [0, 0.05) is 38.1 Å². The average molecular weight is 403 g/mol. The Balaban J connectivity index is 1.81. The molecule has 1 aliphatic rings. The third-order valence-corrected chi connectivity index (χ3v) is 6.30. The van der Waals surface area contributed by atoms with Crippen molar-refractivity contribution in [2.75, 3.05) is 31.7 Å². The third-order valence-electron chi connectivity index (χ3n) is 4.84. The minimum absolute atomic E-state index is 0.0609. The third kappa shape index (κ3) is 4.60. The summed E-state index contributed by atoms with van der Waals surface area (Å²) < 4.78 is 32.6. The van der Waals surface area contributed by atoms with Gasteiger partial charge < -0.3 is 9.64 Å². The number of hydrogen-bond acceptors (Lipinski definition) is 4. The Labute approximate surface area is 166 Å². The number of fused-ring (bicyclic) bond motifs is 1. The summed E-state index contributed by atoms with van der Waals surface area (Å²) >= 11 is 0. The van der Waals surface area contributed by atoms with E-state index in [0.717, 1.165) is 29.7 Å². The number of carbonyl (C=O) groups excluding carboxylic acids is 1. The molecule has 3 rings (SSSR count). The first-order valence-electron chi connectivity index (χ1n) is 9.42. The van der Waals surface area contributed by atoms with Crippen molar-refractivity contribution in [1.82, 2.24) is 4.72 Å². The molecule has 0 radical (unpaired) electrons. The Hall–Kier alpha value is -2.22. The van der Waals surface area contributed by atoms with Gasteiger partial charge in [-0.05, 0) is 62.1 Å². The number of amides is 1. The van der Waals surface area contributed by atoms with Crippen LogP contribution >= 0.6 is 0 Å². The van der Waals surface area contributed by atoms with Gasteiger partial charge in [0.05, 0.1) is 4.90 Å². The lowest BCUT2D eigenvalue weighted by Crippen LogP contribution is -2.35. The summed E-state index contributed by atoms with van der Waals surface area (Å²) in [6.07, 6.45) is 2.16. The van der Waals surface area contributed by atoms with Crippen LogP contribution in [0.3, 0.4) is 0 Å². The van der Waals surface area contributed by atoms with Gasteiger partial charge in [0.1, 0.15) is 0 Å². The SMILES string of the molecule is COCCCNS(=O)(=O)c1ccc2c(c1)CCCN2C(=O)c1ccc(C)cc1. The van der Waals surface area contributed by atoms with Crippen molar-refractivity contribution in [2.45, 2.75) is 31.1 Å². The van der Waals surface area contributed by atoms with Crippen LogP contribution in [0.15, 0.2) is 47.4 Å². The first-order valence-corrected chi connectivity index (χ1v) is 10.9. The van der Waals surface area contributed by atoms with Gasteiger partial charge in [0.15, 0.2) is 0 Å². The second kappa shape index (κ2) is 8.86. The second-order valence-corrected chi connectivity index (χ2v) is 8.73. The van der Waals surface area contributed by atoms with Crippen molar-refractivity contribution in [2.24, 2.45) is 0 Å². The van der Waals surface area contributed by atoms with Crippen molar-refractivity contribution < 1.29 is 17.9 Å². The molecule has 1 aliphatic heterocycles. The molecule has 150 valence electrons. The fourth-order valence-electron chi connectivity index (χ4n) is 3.31. The molecule has 0 saturated carbocycles. The van der Waals surface area contributed by atoms with E-state index in [2.05, 4.69) is 4.72 Å². The molecule has 0 bridgehead atoms. The molecule has 1 N–H and O–H groups in total. The highest BCUT2D eigenvalue weighted by Gasteiger charge is 2.25. The Morgan fingerprint density at radius 3 is 2.64 bits per heavy atom. The number of carbonyl (C=O) groups is 1. The normalized spacial score (nSPS) is 14.0. The monoisotopic (exact) mass is 402 g/mol. The van der Waals surface area contributed by atoms with Crippen molar-refractivity contribution in [3.8, 4) is 0 Å². The van der Waals surface area contributed by atoms with Gasteiger partial charge in [0.2, 0.25) is 10.0 Å². The van der Waals surface area contributed by atoms with Crippen LogP contribution in [-0.4, -0.2) is 41.1 Å². The average Bonchev–Trinajstić information content (AvgIpc) is 2.70. The Morgan fingerprint density at radius 2 is 1.93 bits per heavy atom. The molecule has 0 saturated heterocycles. The fraction of sp³-hybridized carbons (Fsp3) is 0.381. The highest BCUT2D eigenvalue weighted by Crippen LogP contribution is 2.30. The van der Waals surface area contributed by atoms with E-state index in [0.29, 0.717) is 31.7 Å². The zero-order chi connectivity index (χ0) is 20.1. The van der Waals surface area contributed by atoms with E-state index in [-0.39, 0.29) is 10.8 Å². The lowest BCUT2D eigenvalue weighted by molar-refractivity contribution is 0.0985. The van der Waals surface area contributed by atoms with Gasteiger partial charge in [-0.25, -0.2) is 13.1 Å². The molecule has 0 aromatic heterocycles. The van der Waals surface area contributed by atoms with E-state index in [9.17, 15) is 13.2 Å². The van der Waals surface area contributed by atoms with Gasteiger partial charge in [-0.3, -0.25) is 4.79 Å². The highest BCUT2D eigenvalue weighted by atomic mass is 32.2. The minimum atomic E-state index is -3.58. The van der Waals surface area contributed by atoms with Crippen LogP contribution in [0, 0.1) is 6.92 Å². The molecule has 28 heavy (non-hydrogen) atoms. The number of hydrogen-bond donors (Lipinski definition) is 1. The molecule has 6 nitrogen and oxygen atoms in total. The standard InChI is InChI=1S/C21H26N2O4S/c1-16-6-8-17(9-7-16)21(24)23-13-3-5-18-15-19(10-11-20(18)23)28(25,26)22-12-4-14-27-2/h6-11,15,22H,3-5,12-14H2,1-2H3. The number of methoxy groups -OCH3 is 1. The number of rotatable bonds is 7. The van der Waals surface area contributed by atoms with Crippen LogP contribution in [0.4, 0.5) is 5.69 Å². The first kappa shape index (κ1) is 20.5. The zero-order valence-corrected chi connectivity index (χ0v) is 17.1. The molecule has 7 heteroatoms. The van der Waals surface area contributed by atoms with Crippen LogP contribution in [-0.2, 0) is 21.2 Å². The van der Waals surface area contributed by atoms with E-state index in [1.807, 2.05) is 31.2 Å². The van der Waals surface area contributed by atoms with Crippen molar-refractivity contribution in [1.29, 1.82) is 0 Å². The van der Waals surface area contributed by atoms with Crippen LogP contribution < -0.4 is 9.62 Å². The quantitative estimate of drug-likeness (QED) is 0.723. The largest absolute Gasteiger partial charge is 0.385 e. The lowest BCUT2D eigenvalue weighted by atomic mass is 10.0. The molecule has 1 heterocycles. The van der Waals surface area contributed by atoms with Crippen LogP contribution in [0.5, 0.6) is 0 Å². The summed E-state index contributed by atoms with van der Waals surface area (Å²) in [5.74, 6) is -0.0609. The topological polar surface area (TPSA) is 75.7 Å². The molecule has 2 aromatic carbocycles. The molecule has 1 amide bonds. The fourth-order valence-corrected chi connectivity index (χ4v) is 4.43. The number of benzene rings is 2.